The number of allylic oxidation sites excluding steroid dienone is 4. The van der Waals surface area contributed by atoms with Gasteiger partial charge < -0.3 is 0 Å². The average Bonchev–Trinajstić information content (AvgIpc) is 1.76. The molecule has 1 aliphatic carbocycles. The molecule has 2 heteroatoms. The van der Waals surface area contributed by atoms with E-state index in [0.29, 0.717) is 0 Å². The first-order valence-corrected chi connectivity index (χ1v) is 1.82. The second-order valence-electron chi connectivity index (χ2n) is 1.09. The third-order valence-electron chi connectivity index (χ3n) is 0.655. The Morgan fingerprint density at radius 3 is 1.43 bits per heavy atom. The van der Waals surface area contributed by atoms with Gasteiger partial charge in [0, 0.05) is 0 Å². The van der Waals surface area contributed by atoms with Crippen molar-refractivity contribution in [2.24, 2.45) is 0 Å². The highest BCUT2D eigenvalue weighted by molar-refractivity contribution is 5.85. The van der Waals surface area contributed by atoms with Crippen LogP contribution in [0.2, 0.25) is 0 Å². The first kappa shape index (κ1) is 10.1. The fourth-order valence-corrected chi connectivity index (χ4v) is 0.393. The summed E-state index contributed by atoms with van der Waals surface area (Å²) in [7, 11) is 0. The first-order chi connectivity index (χ1) is 2.50. The zero-order valence-corrected chi connectivity index (χ0v) is 5.47. The SMILES string of the molecule is C1=CCC=C1.Cl.Cl. The van der Waals surface area contributed by atoms with Gasteiger partial charge in [0.05, 0.1) is 0 Å². The second kappa shape index (κ2) is 6.06. The predicted octanol–water partition coefficient (Wildman–Crippen LogP) is 2.35. The van der Waals surface area contributed by atoms with Crippen LogP contribution in [0.5, 0.6) is 0 Å². The lowest BCUT2D eigenvalue weighted by Gasteiger charge is -1.57. The van der Waals surface area contributed by atoms with Crippen LogP contribution < -0.4 is 0 Å². The predicted molar refractivity (Wildman–Crippen MR) is 37.4 cm³/mol. The van der Waals surface area contributed by atoms with Crippen LogP contribution >= 0.6 is 24.8 Å². The van der Waals surface area contributed by atoms with Crippen LogP contribution in [-0.2, 0) is 0 Å². The van der Waals surface area contributed by atoms with E-state index in [1.807, 2.05) is 0 Å². The highest BCUT2D eigenvalue weighted by atomic mass is 35.5. The molecule has 0 N–H and O–H groups in total. The zero-order chi connectivity index (χ0) is 3.54. The van der Waals surface area contributed by atoms with Gasteiger partial charge in [0.15, 0.2) is 0 Å². The summed E-state index contributed by atoms with van der Waals surface area (Å²) in [6.45, 7) is 0. The highest BCUT2D eigenvalue weighted by Crippen LogP contribution is 1.93. The normalized spacial score (nSPS) is 12.6. The molecular formula is C5H8Cl2. The van der Waals surface area contributed by atoms with Crippen molar-refractivity contribution in [1.29, 1.82) is 0 Å². The lowest BCUT2D eigenvalue weighted by molar-refractivity contribution is 1.45. The Hall–Kier alpha value is 0.0600. The number of rotatable bonds is 0. The molecule has 0 heterocycles. The maximum atomic E-state index is 2.12. The lowest BCUT2D eigenvalue weighted by atomic mass is 10.5. The van der Waals surface area contributed by atoms with E-state index in [2.05, 4.69) is 24.3 Å². The molecule has 0 saturated carbocycles. The van der Waals surface area contributed by atoms with Gasteiger partial charge >= 0.3 is 0 Å². The minimum absolute atomic E-state index is 0. The molecule has 0 fully saturated rings. The first-order valence-electron chi connectivity index (χ1n) is 1.82. The molecule has 0 aromatic carbocycles. The Morgan fingerprint density at radius 1 is 0.857 bits per heavy atom. The van der Waals surface area contributed by atoms with Crippen molar-refractivity contribution in [3.8, 4) is 0 Å². The maximum absolute atomic E-state index is 2.12. The van der Waals surface area contributed by atoms with E-state index in [-0.39, 0.29) is 24.8 Å². The number of hydrogen-bond donors (Lipinski definition) is 0. The fourth-order valence-electron chi connectivity index (χ4n) is 0.393. The molecule has 0 aromatic rings. The molecule has 42 valence electrons. The van der Waals surface area contributed by atoms with Crippen LogP contribution in [0.15, 0.2) is 24.3 Å². The smallest absolute Gasteiger partial charge is 0.0163 e. The van der Waals surface area contributed by atoms with Gasteiger partial charge in [-0.25, -0.2) is 0 Å². The van der Waals surface area contributed by atoms with E-state index in [1.54, 1.807) is 0 Å². The van der Waals surface area contributed by atoms with Gasteiger partial charge in [-0.3, -0.25) is 0 Å². The number of halogens is 2. The third-order valence-corrected chi connectivity index (χ3v) is 0.655. The summed E-state index contributed by atoms with van der Waals surface area (Å²) in [5.41, 5.74) is 0. The molecule has 0 bridgehead atoms. The van der Waals surface area contributed by atoms with Gasteiger partial charge in [-0.1, -0.05) is 24.3 Å². The molecule has 0 aliphatic heterocycles. The zero-order valence-electron chi connectivity index (χ0n) is 3.83. The standard InChI is InChI=1S/C5H6.2ClH/c1-2-4-5-3-1;;/h1-4H,5H2;2*1H. The van der Waals surface area contributed by atoms with Gasteiger partial charge in [-0.15, -0.1) is 24.8 Å². The van der Waals surface area contributed by atoms with Crippen molar-refractivity contribution in [2.45, 2.75) is 6.42 Å². The monoisotopic (exact) mass is 138 g/mol. The summed E-state index contributed by atoms with van der Waals surface area (Å²) >= 11 is 0. The molecule has 7 heavy (non-hydrogen) atoms. The Balaban J connectivity index is 0. The van der Waals surface area contributed by atoms with Gasteiger partial charge in [0.25, 0.3) is 0 Å². The van der Waals surface area contributed by atoms with Crippen molar-refractivity contribution >= 4 is 24.8 Å². The Kier molecular flexibility index (Phi) is 8.77. The third kappa shape index (κ3) is 3.90. The summed E-state index contributed by atoms with van der Waals surface area (Å²) in [5.74, 6) is 0. The van der Waals surface area contributed by atoms with Crippen LogP contribution in [0.1, 0.15) is 6.42 Å². The molecule has 0 amide bonds. The molecule has 0 unspecified atom stereocenters. The quantitative estimate of drug-likeness (QED) is 0.483. The van der Waals surface area contributed by atoms with E-state index in [1.165, 1.54) is 0 Å². The Bertz CT molecular complexity index is 64.1. The van der Waals surface area contributed by atoms with Gasteiger partial charge in [0.1, 0.15) is 0 Å². The van der Waals surface area contributed by atoms with E-state index < -0.39 is 0 Å². The average molecular weight is 139 g/mol. The Morgan fingerprint density at radius 2 is 1.29 bits per heavy atom. The van der Waals surface area contributed by atoms with Gasteiger partial charge in [0.2, 0.25) is 0 Å². The van der Waals surface area contributed by atoms with Crippen LogP contribution in [0.3, 0.4) is 0 Å². The van der Waals surface area contributed by atoms with E-state index >= 15 is 0 Å². The summed E-state index contributed by atoms with van der Waals surface area (Å²) in [6.07, 6.45) is 9.50. The van der Waals surface area contributed by atoms with Crippen molar-refractivity contribution in [1.82, 2.24) is 0 Å². The van der Waals surface area contributed by atoms with E-state index in [9.17, 15) is 0 Å². The summed E-state index contributed by atoms with van der Waals surface area (Å²) in [4.78, 5) is 0. The van der Waals surface area contributed by atoms with Gasteiger partial charge in [-0.2, -0.15) is 0 Å². The van der Waals surface area contributed by atoms with Crippen LogP contribution in [0.25, 0.3) is 0 Å². The summed E-state index contributed by atoms with van der Waals surface area (Å²) in [5, 5.41) is 0. The second-order valence-corrected chi connectivity index (χ2v) is 1.09. The molecule has 0 atom stereocenters. The van der Waals surface area contributed by atoms with E-state index in [4.69, 9.17) is 0 Å². The Labute approximate surface area is 56.1 Å². The van der Waals surface area contributed by atoms with Crippen molar-refractivity contribution in [3.63, 3.8) is 0 Å². The maximum Gasteiger partial charge on any atom is -0.0163 e. The molecule has 1 rings (SSSR count). The van der Waals surface area contributed by atoms with E-state index in [0.717, 1.165) is 6.42 Å². The van der Waals surface area contributed by atoms with Crippen molar-refractivity contribution in [3.05, 3.63) is 24.3 Å². The van der Waals surface area contributed by atoms with Crippen molar-refractivity contribution in [2.75, 3.05) is 0 Å². The van der Waals surface area contributed by atoms with Crippen LogP contribution in [-0.4, -0.2) is 0 Å². The molecule has 0 aromatic heterocycles. The molecule has 0 spiro atoms. The topological polar surface area (TPSA) is 0 Å². The summed E-state index contributed by atoms with van der Waals surface area (Å²) < 4.78 is 0. The summed E-state index contributed by atoms with van der Waals surface area (Å²) in [6, 6.07) is 0. The van der Waals surface area contributed by atoms with Crippen LogP contribution in [0.4, 0.5) is 0 Å². The lowest BCUT2D eigenvalue weighted by Crippen LogP contribution is -1.37. The fraction of sp³-hybridized carbons (Fsp3) is 0.200. The van der Waals surface area contributed by atoms with Crippen molar-refractivity contribution < 1.29 is 0 Å². The molecule has 0 saturated heterocycles. The highest BCUT2D eigenvalue weighted by Gasteiger charge is 1.72. The molecule has 0 radical (unpaired) electrons. The molecular weight excluding hydrogens is 131 g/mol. The van der Waals surface area contributed by atoms with Crippen LogP contribution in [0, 0.1) is 0 Å². The minimum Gasteiger partial charge on any atom is -0.147 e. The molecule has 1 aliphatic rings. The molecule has 0 nitrogen and oxygen atoms in total. The minimum atomic E-state index is 0. The number of hydrogen-bond acceptors (Lipinski definition) is 0. The largest absolute Gasteiger partial charge is 0.147 e. The van der Waals surface area contributed by atoms with Gasteiger partial charge in [-0.05, 0) is 6.42 Å².